The predicted octanol–water partition coefficient (Wildman–Crippen LogP) is 3.76. The Morgan fingerprint density at radius 3 is 2.70 bits per heavy atom. The second-order valence-corrected chi connectivity index (χ2v) is 8.34. The molecular formula is C25H26N4O. The van der Waals surface area contributed by atoms with E-state index < -0.39 is 0 Å². The standard InChI is InChI=1S/C25H26N4O/c1-28-13-12-23-20(16-28)15-26-24(27-23)19-11-14-29(17-19)25(30)22-10-6-5-9-21(22)18-7-3-2-4-8-18/h2-10,15,19H,11-14,16-17H2,1H3/t19-/m0/s1. The van der Waals surface area contributed by atoms with Crippen LogP contribution < -0.4 is 0 Å². The second-order valence-electron chi connectivity index (χ2n) is 8.34. The SMILES string of the molecule is CN1CCc2nc([C@H]3CCN(C(=O)c4ccccc4-c4ccccc4)C3)ncc2C1. The summed E-state index contributed by atoms with van der Waals surface area (Å²) in [5.41, 5.74) is 5.23. The Morgan fingerprint density at radius 1 is 1.03 bits per heavy atom. The van der Waals surface area contributed by atoms with Crippen molar-refractivity contribution in [3.05, 3.63) is 83.4 Å². The molecule has 5 heteroatoms. The molecule has 0 unspecified atom stereocenters. The van der Waals surface area contributed by atoms with Crippen LogP contribution in [-0.4, -0.2) is 52.4 Å². The lowest BCUT2D eigenvalue weighted by Crippen LogP contribution is -2.30. The maximum Gasteiger partial charge on any atom is 0.254 e. The molecule has 0 spiro atoms. The molecule has 0 radical (unpaired) electrons. The van der Waals surface area contributed by atoms with Gasteiger partial charge in [0.05, 0.1) is 0 Å². The van der Waals surface area contributed by atoms with Gasteiger partial charge in [-0.2, -0.15) is 0 Å². The number of nitrogens with zero attached hydrogens (tertiary/aromatic N) is 4. The van der Waals surface area contributed by atoms with Crippen LogP contribution in [0, 0.1) is 0 Å². The van der Waals surface area contributed by atoms with Crippen LogP contribution in [0.25, 0.3) is 11.1 Å². The minimum absolute atomic E-state index is 0.0940. The van der Waals surface area contributed by atoms with Crippen LogP contribution in [0.2, 0.25) is 0 Å². The lowest BCUT2D eigenvalue weighted by atomic mass is 9.99. The number of amides is 1. The van der Waals surface area contributed by atoms with Gasteiger partial charge >= 0.3 is 0 Å². The first-order valence-electron chi connectivity index (χ1n) is 10.7. The molecule has 0 bridgehead atoms. The number of aromatic nitrogens is 2. The van der Waals surface area contributed by atoms with Gasteiger partial charge in [0.25, 0.3) is 5.91 Å². The summed E-state index contributed by atoms with van der Waals surface area (Å²) >= 11 is 0. The highest BCUT2D eigenvalue weighted by Crippen LogP contribution is 2.30. The molecule has 2 aliphatic heterocycles. The molecule has 0 saturated carbocycles. The number of benzene rings is 2. The molecule has 2 aromatic carbocycles. The van der Waals surface area contributed by atoms with E-state index in [1.807, 2.05) is 53.6 Å². The first-order valence-corrected chi connectivity index (χ1v) is 10.7. The minimum atomic E-state index is 0.0940. The van der Waals surface area contributed by atoms with Gasteiger partial charge in [-0.05, 0) is 30.7 Å². The Labute approximate surface area is 177 Å². The summed E-state index contributed by atoms with van der Waals surface area (Å²) < 4.78 is 0. The van der Waals surface area contributed by atoms with Gasteiger partial charge in [-0.3, -0.25) is 4.79 Å². The average molecular weight is 399 g/mol. The van der Waals surface area contributed by atoms with E-state index >= 15 is 0 Å². The molecule has 3 aromatic rings. The Hall–Kier alpha value is -3.05. The summed E-state index contributed by atoms with van der Waals surface area (Å²) in [6.45, 7) is 3.38. The van der Waals surface area contributed by atoms with Crippen LogP contribution in [0.15, 0.2) is 60.8 Å². The maximum atomic E-state index is 13.4. The van der Waals surface area contributed by atoms with Crippen molar-refractivity contribution in [3.63, 3.8) is 0 Å². The van der Waals surface area contributed by atoms with E-state index in [-0.39, 0.29) is 11.8 Å². The average Bonchev–Trinajstić information content (AvgIpc) is 3.29. The lowest BCUT2D eigenvalue weighted by molar-refractivity contribution is 0.0791. The molecule has 1 amide bonds. The van der Waals surface area contributed by atoms with Gasteiger partial charge in [0.1, 0.15) is 5.82 Å². The molecular weight excluding hydrogens is 372 g/mol. The number of hydrogen-bond donors (Lipinski definition) is 0. The monoisotopic (exact) mass is 398 g/mol. The Kier molecular flexibility index (Phi) is 5.05. The number of likely N-dealkylation sites (N-methyl/N-ethyl adjacent to an activating group) is 1. The van der Waals surface area contributed by atoms with Crippen LogP contribution in [0.5, 0.6) is 0 Å². The number of fused-ring (bicyclic) bond motifs is 1. The van der Waals surface area contributed by atoms with Gasteiger partial charge in [-0.1, -0.05) is 48.5 Å². The van der Waals surface area contributed by atoms with Crippen LogP contribution in [0.4, 0.5) is 0 Å². The van der Waals surface area contributed by atoms with E-state index in [9.17, 15) is 4.79 Å². The Morgan fingerprint density at radius 2 is 1.83 bits per heavy atom. The first-order chi connectivity index (χ1) is 14.7. The summed E-state index contributed by atoms with van der Waals surface area (Å²) in [6.07, 6.45) is 3.88. The van der Waals surface area contributed by atoms with Gasteiger partial charge in [0.2, 0.25) is 0 Å². The number of likely N-dealkylation sites (tertiary alicyclic amines) is 1. The number of rotatable bonds is 3. The molecule has 3 heterocycles. The quantitative estimate of drug-likeness (QED) is 0.674. The predicted molar refractivity (Wildman–Crippen MR) is 117 cm³/mol. The molecule has 1 saturated heterocycles. The fourth-order valence-corrected chi connectivity index (χ4v) is 4.53. The molecule has 30 heavy (non-hydrogen) atoms. The maximum absolute atomic E-state index is 13.4. The summed E-state index contributed by atoms with van der Waals surface area (Å²) in [5.74, 6) is 1.20. The summed E-state index contributed by atoms with van der Waals surface area (Å²) in [7, 11) is 2.13. The Bertz CT molecular complexity index is 1070. The van der Waals surface area contributed by atoms with E-state index in [0.717, 1.165) is 55.0 Å². The van der Waals surface area contributed by atoms with Gasteiger partial charge in [0.15, 0.2) is 0 Å². The van der Waals surface area contributed by atoms with E-state index in [4.69, 9.17) is 4.98 Å². The number of carbonyl (C=O) groups excluding carboxylic acids is 1. The van der Waals surface area contributed by atoms with Gasteiger partial charge in [-0.25, -0.2) is 9.97 Å². The zero-order valence-electron chi connectivity index (χ0n) is 17.3. The van der Waals surface area contributed by atoms with Crippen molar-refractivity contribution in [1.29, 1.82) is 0 Å². The fourth-order valence-electron chi connectivity index (χ4n) is 4.53. The highest BCUT2D eigenvalue weighted by Gasteiger charge is 2.31. The number of carbonyl (C=O) groups is 1. The summed E-state index contributed by atoms with van der Waals surface area (Å²) in [6, 6.07) is 18.0. The van der Waals surface area contributed by atoms with Crippen molar-refractivity contribution in [2.45, 2.75) is 25.3 Å². The molecule has 0 N–H and O–H groups in total. The van der Waals surface area contributed by atoms with Gasteiger partial charge < -0.3 is 9.80 Å². The van der Waals surface area contributed by atoms with E-state index in [1.54, 1.807) is 0 Å². The minimum Gasteiger partial charge on any atom is -0.338 e. The van der Waals surface area contributed by atoms with Crippen molar-refractivity contribution in [2.24, 2.45) is 0 Å². The molecule has 1 atom stereocenters. The molecule has 1 aromatic heterocycles. The lowest BCUT2D eigenvalue weighted by Gasteiger charge is -2.24. The zero-order valence-corrected chi connectivity index (χ0v) is 17.3. The summed E-state index contributed by atoms with van der Waals surface area (Å²) in [5, 5.41) is 0. The highest BCUT2D eigenvalue weighted by molar-refractivity contribution is 6.01. The van der Waals surface area contributed by atoms with Crippen molar-refractivity contribution >= 4 is 5.91 Å². The van der Waals surface area contributed by atoms with Crippen molar-refractivity contribution in [1.82, 2.24) is 19.8 Å². The molecule has 5 rings (SSSR count). The van der Waals surface area contributed by atoms with Crippen LogP contribution in [0.3, 0.4) is 0 Å². The third-order valence-electron chi connectivity index (χ3n) is 6.23. The fraction of sp³-hybridized carbons (Fsp3) is 0.320. The Balaban J connectivity index is 1.35. The normalized spacial score (nSPS) is 19.0. The highest BCUT2D eigenvalue weighted by atomic mass is 16.2. The van der Waals surface area contributed by atoms with E-state index in [1.165, 1.54) is 11.3 Å². The van der Waals surface area contributed by atoms with Crippen LogP contribution in [0.1, 0.15) is 39.8 Å². The topological polar surface area (TPSA) is 49.3 Å². The van der Waals surface area contributed by atoms with E-state index in [2.05, 4.69) is 29.1 Å². The molecule has 2 aliphatic rings. The molecule has 152 valence electrons. The van der Waals surface area contributed by atoms with Crippen LogP contribution in [-0.2, 0) is 13.0 Å². The van der Waals surface area contributed by atoms with Crippen molar-refractivity contribution < 1.29 is 4.79 Å². The second kappa shape index (κ2) is 8.00. The van der Waals surface area contributed by atoms with Crippen molar-refractivity contribution in [2.75, 3.05) is 26.7 Å². The summed E-state index contributed by atoms with van der Waals surface area (Å²) in [4.78, 5) is 27.2. The molecule has 1 fully saturated rings. The van der Waals surface area contributed by atoms with Crippen molar-refractivity contribution in [3.8, 4) is 11.1 Å². The zero-order chi connectivity index (χ0) is 20.5. The largest absolute Gasteiger partial charge is 0.338 e. The van der Waals surface area contributed by atoms with Gasteiger partial charge in [-0.15, -0.1) is 0 Å². The van der Waals surface area contributed by atoms with Gasteiger partial charge in [0, 0.05) is 61.5 Å². The third kappa shape index (κ3) is 3.61. The van der Waals surface area contributed by atoms with E-state index in [0.29, 0.717) is 6.54 Å². The smallest absolute Gasteiger partial charge is 0.254 e. The first kappa shape index (κ1) is 18.9. The molecule has 5 nitrogen and oxygen atoms in total. The third-order valence-corrected chi connectivity index (χ3v) is 6.23. The number of hydrogen-bond acceptors (Lipinski definition) is 4. The molecule has 0 aliphatic carbocycles. The van der Waals surface area contributed by atoms with Crippen LogP contribution >= 0.6 is 0 Å².